The molecule has 0 radical (unpaired) electrons. The number of carbonyl (C=O) groups is 4. The second kappa shape index (κ2) is 14.8. The molecule has 0 aromatic heterocycles. The molecule has 1 fully saturated rings. The maximum absolute atomic E-state index is 13.8. The molecule has 1 aliphatic carbocycles. The number of ketones is 2. The van der Waals surface area contributed by atoms with Crippen molar-refractivity contribution >= 4 is 38.9 Å². The van der Waals surface area contributed by atoms with Crippen LogP contribution in [-0.4, -0.2) is 56.1 Å². The fourth-order valence-electron chi connectivity index (χ4n) is 5.34. The largest absolute Gasteiger partial charge is 0.573 e. The minimum absolute atomic E-state index is 0.0691. The van der Waals surface area contributed by atoms with E-state index in [1.165, 1.54) is 30.7 Å². The lowest BCUT2D eigenvalue weighted by Crippen LogP contribution is -2.26. The molecule has 0 aliphatic heterocycles. The average Bonchev–Trinajstić information content (AvgIpc) is 3.02. The summed E-state index contributed by atoms with van der Waals surface area (Å²) in [6.45, 7) is -0.0922. The number of alkyl halides is 3. The first-order valence-corrected chi connectivity index (χ1v) is 16.6. The van der Waals surface area contributed by atoms with Gasteiger partial charge >= 0.3 is 12.3 Å². The van der Waals surface area contributed by atoms with Gasteiger partial charge in [-0.2, -0.15) is 0 Å². The molecule has 4 rings (SSSR count). The van der Waals surface area contributed by atoms with E-state index in [2.05, 4.69) is 10.1 Å². The van der Waals surface area contributed by atoms with Crippen molar-refractivity contribution in [3.63, 3.8) is 0 Å². The second-order valence-electron chi connectivity index (χ2n) is 11.2. The van der Waals surface area contributed by atoms with Crippen LogP contribution in [0.25, 0.3) is 5.57 Å². The standard InChI is InChI=1S/C34H32F3NO8S/c1-47(44,45)30-19-26(15-16-29(30)46-34(35,36)37)28(39)20-27(23-9-7-22(8-10-23)21-5-3-2-4-6-21)32(42)24-11-13-25(14-12-24)33(43)38-18-17-31(40)41/h7-16,19-21H,2-6,17-18H2,1H3,(H,38,43)(H,40,41)/b27-20+. The predicted molar refractivity (Wildman–Crippen MR) is 166 cm³/mol. The van der Waals surface area contributed by atoms with Crippen LogP contribution in [0.3, 0.4) is 0 Å². The van der Waals surface area contributed by atoms with Crippen LogP contribution in [0.1, 0.15) is 86.6 Å². The molecule has 0 unspecified atom stereocenters. The SMILES string of the molecule is CS(=O)(=O)c1cc(C(=O)/C=C(/C(=O)c2ccc(C(=O)NCCC(=O)O)cc2)c2ccc(C3CCCCC3)cc2)ccc1OC(F)(F)F. The number of Topliss-reactive ketones (excluding diaryl/α,β-unsaturated/α-hetero) is 1. The average molecular weight is 672 g/mol. The van der Waals surface area contributed by atoms with E-state index in [-0.39, 0.29) is 35.2 Å². The van der Waals surface area contributed by atoms with Gasteiger partial charge in [0.1, 0.15) is 10.6 Å². The van der Waals surface area contributed by atoms with Gasteiger partial charge in [0, 0.05) is 35.1 Å². The van der Waals surface area contributed by atoms with E-state index < -0.39 is 50.3 Å². The van der Waals surface area contributed by atoms with Crippen LogP contribution in [0.2, 0.25) is 0 Å². The molecule has 13 heteroatoms. The number of carboxylic acid groups (broad SMARTS) is 1. The van der Waals surface area contributed by atoms with E-state index in [0.29, 0.717) is 17.7 Å². The van der Waals surface area contributed by atoms with Crippen molar-refractivity contribution < 1.29 is 50.6 Å². The molecule has 3 aromatic rings. The highest BCUT2D eigenvalue weighted by atomic mass is 32.2. The van der Waals surface area contributed by atoms with Gasteiger partial charge in [0.15, 0.2) is 21.4 Å². The zero-order chi connectivity index (χ0) is 34.4. The Morgan fingerprint density at radius 1 is 0.872 bits per heavy atom. The normalized spacial score (nSPS) is 14.3. The Bertz CT molecular complexity index is 1790. The summed E-state index contributed by atoms with van der Waals surface area (Å²) in [6, 6.07) is 15.1. The molecule has 47 heavy (non-hydrogen) atoms. The number of ether oxygens (including phenoxy) is 1. The molecule has 1 aliphatic rings. The fraction of sp³-hybridized carbons (Fsp3) is 0.294. The van der Waals surface area contributed by atoms with Gasteiger partial charge in [-0.05, 0) is 66.3 Å². The summed E-state index contributed by atoms with van der Waals surface area (Å²) in [5.74, 6) is -3.71. The number of allylic oxidation sites excluding steroid dienone is 2. The monoisotopic (exact) mass is 671 g/mol. The zero-order valence-electron chi connectivity index (χ0n) is 25.3. The maximum atomic E-state index is 13.8. The smallest absolute Gasteiger partial charge is 0.481 e. The topological polar surface area (TPSA) is 144 Å². The lowest BCUT2D eigenvalue weighted by atomic mass is 9.83. The number of aliphatic carboxylic acids is 1. The van der Waals surface area contributed by atoms with Gasteiger partial charge in [0.2, 0.25) is 0 Å². The van der Waals surface area contributed by atoms with Gasteiger partial charge < -0.3 is 15.2 Å². The van der Waals surface area contributed by atoms with Crippen molar-refractivity contribution in [2.45, 2.75) is 55.7 Å². The Kier molecular flexibility index (Phi) is 11.0. The van der Waals surface area contributed by atoms with E-state index >= 15 is 0 Å². The third-order valence-electron chi connectivity index (χ3n) is 7.71. The van der Waals surface area contributed by atoms with Crippen LogP contribution in [0.15, 0.2) is 77.7 Å². The Balaban J connectivity index is 1.70. The van der Waals surface area contributed by atoms with Crippen LogP contribution < -0.4 is 10.1 Å². The van der Waals surface area contributed by atoms with E-state index in [0.717, 1.165) is 55.5 Å². The van der Waals surface area contributed by atoms with Gasteiger partial charge in [-0.3, -0.25) is 19.2 Å². The summed E-state index contributed by atoms with van der Waals surface area (Å²) in [7, 11) is -4.27. The maximum Gasteiger partial charge on any atom is 0.573 e. The highest BCUT2D eigenvalue weighted by Gasteiger charge is 2.34. The lowest BCUT2D eigenvalue weighted by Gasteiger charge is -2.22. The second-order valence-corrected chi connectivity index (χ2v) is 13.2. The van der Waals surface area contributed by atoms with E-state index in [1.54, 1.807) is 12.1 Å². The van der Waals surface area contributed by atoms with Gasteiger partial charge in [-0.25, -0.2) is 8.42 Å². The first-order chi connectivity index (χ1) is 22.1. The minimum Gasteiger partial charge on any atom is -0.481 e. The van der Waals surface area contributed by atoms with Crippen LogP contribution in [0.4, 0.5) is 13.2 Å². The van der Waals surface area contributed by atoms with Crippen molar-refractivity contribution in [3.05, 3.63) is 101 Å². The van der Waals surface area contributed by atoms with Crippen molar-refractivity contribution in [3.8, 4) is 5.75 Å². The molecule has 0 spiro atoms. The van der Waals surface area contributed by atoms with Crippen LogP contribution in [0.5, 0.6) is 5.75 Å². The summed E-state index contributed by atoms with van der Waals surface area (Å²) in [5.41, 5.74) is 1.37. The summed E-state index contributed by atoms with van der Waals surface area (Å²) in [4.78, 5) is 49.5. The Morgan fingerprint density at radius 2 is 1.45 bits per heavy atom. The summed E-state index contributed by atoms with van der Waals surface area (Å²) in [5, 5.41) is 11.2. The third-order valence-corrected chi connectivity index (χ3v) is 8.82. The molecule has 3 aromatic carbocycles. The fourth-order valence-corrected chi connectivity index (χ4v) is 6.15. The highest BCUT2D eigenvalue weighted by molar-refractivity contribution is 7.90. The molecule has 9 nitrogen and oxygen atoms in total. The molecule has 0 heterocycles. The van der Waals surface area contributed by atoms with Crippen LogP contribution in [0, 0.1) is 0 Å². The summed E-state index contributed by atoms with van der Waals surface area (Å²) < 4.78 is 67.1. The quantitative estimate of drug-likeness (QED) is 0.167. The Labute approximate surface area is 269 Å². The highest BCUT2D eigenvalue weighted by Crippen LogP contribution is 2.34. The summed E-state index contributed by atoms with van der Waals surface area (Å²) in [6.07, 6.45) is 1.69. The van der Waals surface area contributed by atoms with Crippen molar-refractivity contribution in [1.29, 1.82) is 0 Å². The molecule has 2 N–H and O–H groups in total. The van der Waals surface area contributed by atoms with E-state index in [1.807, 2.05) is 12.1 Å². The van der Waals surface area contributed by atoms with E-state index in [9.17, 15) is 40.8 Å². The van der Waals surface area contributed by atoms with Gasteiger partial charge in [-0.1, -0.05) is 55.7 Å². The first-order valence-electron chi connectivity index (χ1n) is 14.7. The predicted octanol–water partition coefficient (Wildman–Crippen LogP) is 6.39. The zero-order valence-corrected chi connectivity index (χ0v) is 26.1. The molecule has 0 bridgehead atoms. The number of sulfone groups is 1. The van der Waals surface area contributed by atoms with E-state index in [4.69, 9.17) is 5.11 Å². The molecule has 0 saturated heterocycles. The minimum atomic E-state index is -5.18. The molecule has 248 valence electrons. The number of carboxylic acids is 1. The number of hydrogen-bond donors (Lipinski definition) is 2. The van der Waals surface area contributed by atoms with Crippen molar-refractivity contribution in [2.75, 3.05) is 12.8 Å². The summed E-state index contributed by atoms with van der Waals surface area (Å²) >= 11 is 0. The number of carbonyl (C=O) groups excluding carboxylic acids is 3. The van der Waals surface area contributed by atoms with Crippen molar-refractivity contribution in [1.82, 2.24) is 5.32 Å². The number of benzene rings is 3. The number of nitrogens with one attached hydrogen (secondary N) is 1. The molecule has 0 atom stereocenters. The molecule has 1 amide bonds. The number of amides is 1. The molecular formula is C34H32F3NO8S. The number of rotatable bonds is 12. The number of hydrogen-bond acceptors (Lipinski definition) is 7. The van der Waals surface area contributed by atoms with Crippen LogP contribution in [-0.2, 0) is 14.6 Å². The molecule has 1 saturated carbocycles. The van der Waals surface area contributed by atoms with Crippen LogP contribution >= 0.6 is 0 Å². The van der Waals surface area contributed by atoms with Gasteiger partial charge in [-0.15, -0.1) is 13.2 Å². The number of halogens is 3. The molecular weight excluding hydrogens is 639 g/mol. The Hall–Kier alpha value is -4.78. The van der Waals surface area contributed by atoms with Gasteiger partial charge in [0.05, 0.1) is 6.42 Å². The lowest BCUT2D eigenvalue weighted by molar-refractivity contribution is -0.275. The first kappa shape index (κ1) is 35.1. The third kappa shape index (κ3) is 9.61. The van der Waals surface area contributed by atoms with Crippen molar-refractivity contribution in [2.24, 2.45) is 0 Å². The van der Waals surface area contributed by atoms with Gasteiger partial charge in [0.25, 0.3) is 5.91 Å². The Morgan fingerprint density at radius 3 is 2.02 bits per heavy atom.